The zero-order valence-electron chi connectivity index (χ0n) is 14.4. The molecule has 2 aliphatic heterocycles. The molecule has 1 aromatic carbocycles. The third-order valence-electron chi connectivity index (χ3n) is 5.88. The van der Waals surface area contributed by atoms with Gasteiger partial charge in [0.2, 0.25) is 5.91 Å². The Hall–Kier alpha value is -1.46. The van der Waals surface area contributed by atoms with Gasteiger partial charge in [0.25, 0.3) is 0 Å². The highest BCUT2D eigenvalue weighted by molar-refractivity contribution is 5.76. The van der Waals surface area contributed by atoms with Crippen LogP contribution in [0, 0.1) is 11.2 Å². The van der Waals surface area contributed by atoms with E-state index >= 15 is 0 Å². The van der Waals surface area contributed by atoms with Crippen LogP contribution in [-0.2, 0) is 11.2 Å². The van der Waals surface area contributed by atoms with Crippen molar-refractivity contribution in [3.05, 3.63) is 35.6 Å². The molecule has 0 saturated carbocycles. The summed E-state index contributed by atoms with van der Waals surface area (Å²) in [7, 11) is 2.09. The van der Waals surface area contributed by atoms with Crippen LogP contribution in [0.2, 0.25) is 0 Å². The largest absolute Gasteiger partial charge is 0.396 e. The average molecular weight is 334 g/mol. The summed E-state index contributed by atoms with van der Waals surface area (Å²) in [4.78, 5) is 16.8. The lowest BCUT2D eigenvalue weighted by molar-refractivity contribution is -0.139. The van der Waals surface area contributed by atoms with Crippen molar-refractivity contribution in [3.63, 3.8) is 0 Å². The minimum atomic E-state index is -0.255. The second-order valence-corrected chi connectivity index (χ2v) is 7.34. The number of likely N-dealkylation sites (N-methyl/N-ethyl adjacent to an activating group) is 1. The summed E-state index contributed by atoms with van der Waals surface area (Å²) in [5, 5.41) is 9.93. The number of carbonyl (C=O) groups excluding carboxylic acids is 1. The molecule has 0 aromatic heterocycles. The van der Waals surface area contributed by atoms with Gasteiger partial charge in [-0.2, -0.15) is 0 Å². The van der Waals surface area contributed by atoms with Gasteiger partial charge in [0.15, 0.2) is 0 Å². The molecule has 0 aliphatic carbocycles. The average Bonchev–Trinajstić information content (AvgIpc) is 2.60. The third-order valence-corrected chi connectivity index (χ3v) is 5.88. The van der Waals surface area contributed by atoms with Crippen LogP contribution in [0.15, 0.2) is 24.3 Å². The molecule has 132 valence electrons. The molecule has 2 heterocycles. The summed E-state index contributed by atoms with van der Waals surface area (Å²) in [5.41, 5.74) is 0.812. The van der Waals surface area contributed by atoms with E-state index in [1.54, 1.807) is 6.07 Å². The Kier molecular flexibility index (Phi) is 5.21. The number of benzene rings is 1. The lowest BCUT2D eigenvalue weighted by Gasteiger charge is -2.53. The number of piperidine rings is 2. The molecule has 0 unspecified atom stereocenters. The molecule has 0 spiro atoms. The smallest absolute Gasteiger partial charge is 0.222 e. The van der Waals surface area contributed by atoms with Crippen molar-refractivity contribution in [2.24, 2.45) is 5.41 Å². The minimum absolute atomic E-state index is 0.0493. The fourth-order valence-corrected chi connectivity index (χ4v) is 4.34. The van der Waals surface area contributed by atoms with Crippen LogP contribution in [0.1, 0.15) is 31.2 Å². The van der Waals surface area contributed by atoms with Crippen molar-refractivity contribution in [3.8, 4) is 0 Å². The number of halogens is 1. The Morgan fingerprint density at radius 2 is 2.21 bits per heavy atom. The van der Waals surface area contributed by atoms with Crippen LogP contribution >= 0.6 is 0 Å². The van der Waals surface area contributed by atoms with Gasteiger partial charge in [0.05, 0.1) is 6.61 Å². The van der Waals surface area contributed by atoms with Crippen LogP contribution in [0.5, 0.6) is 0 Å². The highest BCUT2D eigenvalue weighted by atomic mass is 19.1. The van der Waals surface area contributed by atoms with E-state index < -0.39 is 0 Å². The van der Waals surface area contributed by atoms with Crippen molar-refractivity contribution in [2.75, 3.05) is 33.3 Å². The maximum Gasteiger partial charge on any atom is 0.222 e. The van der Waals surface area contributed by atoms with Gasteiger partial charge in [-0.3, -0.25) is 4.79 Å². The van der Waals surface area contributed by atoms with Crippen LogP contribution in [-0.4, -0.2) is 60.1 Å². The standard InChI is InChI=1S/C19H27FN2O2/c1-21-10-3-8-19(14-23)9-11-22(13-17(19)21)18(24)7-6-15-4-2-5-16(20)12-15/h2,4-5,12,17,23H,3,6-11,13-14H2,1H3/t17-,19-/m1/s1. The van der Waals surface area contributed by atoms with Crippen molar-refractivity contribution in [2.45, 2.75) is 38.1 Å². The van der Waals surface area contributed by atoms with Gasteiger partial charge >= 0.3 is 0 Å². The molecule has 1 N–H and O–H groups in total. The summed E-state index contributed by atoms with van der Waals surface area (Å²) in [6.07, 6.45) is 4.00. The highest BCUT2D eigenvalue weighted by Gasteiger charge is 2.47. The van der Waals surface area contributed by atoms with Crippen molar-refractivity contribution in [1.82, 2.24) is 9.80 Å². The number of carbonyl (C=O) groups is 1. The number of likely N-dealkylation sites (tertiary alicyclic amines) is 2. The molecule has 2 fully saturated rings. The molecule has 1 aromatic rings. The van der Waals surface area contributed by atoms with Crippen LogP contribution in [0.4, 0.5) is 4.39 Å². The van der Waals surface area contributed by atoms with E-state index in [0.717, 1.165) is 31.4 Å². The van der Waals surface area contributed by atoms with E-state index in [4.69, 9.17) is 0 Å². The predicted octanol–water partition coefficient (Wildman–Crippen LogP) is 2.06. The minimum Gasteiger partial charge on any atom is -0.396 e. The van der Waals surface area contributed by atoms with Crippen molar-refractivity contribution < 1.29 is 14.3 Å². The molecule has 2 atom stereocenters. The van der Waals surface area contributed by atoms with Crippen LogP contribution in [0.25, 0.3) is 0 Å². The number of amides is 1. The molecular weight excluding hydrogens is 307 g/mol. The molecular formula is C19H27FN2O2. The monoisotopic (exact) mass is 334 g/mol. The van der Waals surface area contributed by atoms with E-state index in [2.05, 4.69) is 11.9 Å². The summed E-state index contributed by atoms with van der Waals surface area (Å²) in [5.74, 6) is -0.126. The Balaban J connectivity index is 1.60. The fraction of sp³-hybridized carbons (Fsp3) is 0.632. The first-order valence-electron chi connectivity index (χ1n) is 8.87. The quantitative estimate of drug-likeness (QED) is 0.917. The topological polar surface area (TPSA) is 43.8 Å². The predicted molar refractivity (Wildman–Crippen MR) is 91.1 cm³/mol. The van der Waals surface area contributed by atoms with Gasteiger partial charge in [0, 0.05) is 31.0 Å². The second kappa shape index (κ2) is 7.19. The Morgan fingerprint density at radius 3 is 2.96 bits per heavy atom. The lowest BCUT2D eigenvalue weighted by atomic mass is 9.69. The number of aliphatic hydroxyl groups is 1. The number of hydrogen-bond acceptors (Lipinski definition) is 3. The Labute approximate surface area is 143 Å². The maximum atomic E-state index is 13.2. The Morgan fingerprint density at radius 1 is 1.38 bits per heavy atom. The molecule has 0 bridgehead atoms. The molecule has 1 amide bonds. The third kappa shape index (κ3) is 3.47. The summed E-state index contributed by atoms with van der Waals surface area (Å²) in [6, 6.07) is 6.70. The molecule has 2 saturated heterocycles. The van der Waals surface area contributed by atoms with Gasteiger partial charge in [-0.1, -0.05) is 12.1 Å². The zero-order valence-corrected chi connectivity index (χ0v) is 14.4. The zero-order chi connectivity index (χ0) is 17.2. The lowest BCUT2D eigenvalue weighted by Crippen LogP contribution is -2.62. The second-order valence-electron chi connectivity index (χ2n) is 7.34. The maximum absolute atomic E-state index is 13.2. The first kappa shape index (κ1) is 17.4. The molecule has 5 heteroatoms. The Bertz CT molecular complexity index is 594. The summed E-state index contributed by atoms with van der Waals surface area (Å²) >= 11 is 0. The van der Waals surface area contributed by atoms with Gasteiger partial charge in [-0.05, 0) is 57.0 Å². The summed E-state index contributed by atoms with van der Waals surface area (Å²) < 4.78 is 13.2. The number of rotatable bonds is 4. The molecule has 2 aliphatic rings. The molecule has 0 radical (unpaired) electrons. The molecule has 3 rings (SSSR count). The van der Waals surface area contributed by atoms with Crippen molar-refractivity contribution >= 4 is 5.91 Å². The highest BCUT2D eigenvalue weighted by Crippen LogP contribution is 2.41. The first-order valence-corrected chi connectivity index (χ1v) is 8.87. The number of hydrogen-bond donors (Lipinski definition) is 1. The van der Waals surface area contributed by atoms with Crippen molar-refractivity contribution in [1.29, 1.82) is 0 Å². The molecule has 4 nitrogen and oxygen atoms in total. The molecule has 24 heavy (non-hydrogen) atoms. The van der Waals surface area contributed by atoms with E-state index in [1.165, 1.54) is 12.1 Å². The number of fused-ring (bicyclic) bond motifs is 1. The number of aryl methyl sites for hydroxylation is 1. The SMILES string of the molecule is CN1CCC[C@]2(CO)CCN(C(=O)CCc3cccc(F)c3)C[C@@H]12. The van der Waals surface area contributed by atoms with E-state index in [0.29, 0.717) is 25.9 Å². The fourth-order valence-electron chi connectivity index (χ4n) is 4.34. The van der Waals surface area contributed by atoms with Crippen LogP contribution < -0.4 is 0 Å². The van der Waals surface area contributed by atoms with E-state index in [-0.39, 0.29) is 29.8 Å². The van der Waals surface area contributed by atoms with E-state index in [1.807, 2.05) is 11.0 Å². The number of aliphatic hydroxyl groups excluding tert-OH is 1. The summed E-state index contributed by atoms with van der Waals surface area (Å²) in [6.45, 7) is 2.64. The van der Waals surface area contributed by atoms with Gasteiger partial charge < -0.3 is 14.9 Å². The van der Waals surface area contributed by atoms with E-state index in [9.17, 15) is 14.3 Å². The van der Waals surface area contributed by atoms with Crippen LogP contribution in [0.3, 0.4) is 0 Å². The normalized spacial score (nSPS) is 27.8. The van der Waals surface area contributed by atoms with Gasteiger partial charge in [-0.25, -0.2) is 4.39 Å². The van der Waals surface area contributed by atoms with Gasteiger partial charge in [0.1, 0.15) is 5.82 Å². The van der Waals surface area contributed by atoms with Gasteiger partial charge in [-0.15, -0.1) is 0 Å². The number of nitrogens with zero attached hydrogens (tertiary/aromatic N) is 2. The first-order chi connectivity index (χ1) is 11.5.